The second-order valence-corrected chi connectivity index (χ2v) is 7.69. The number of anilines is 1. The predicted octanol–water partition coefficient (Wildman–Crippen LogP) is 4.04. The number of allylic oxidation sites excluding steroid dienone is 1. The van der Waals surface area contributed by atoms with Gasteiger partial charge in [-0.25, -0.2) is 4.68 Å². The number of hydrogen-bond donors (Lipinski definition) is 2. The van der Waals surface area contributed by atoms with Crippen LogP contribution in [0.25, 0.3) is 11.4 Å². The average molecular weight is 460 g/mol. The molecule has 2 aromatic carbocycles. The SMILES string of the molecule is COc1ccc(C2C(C(N)=O)=C(C)Nc3nc(-c4ccc(Cl)c(Cl)c4)nn32)c(OC)c1. The number of halogens is 2. The van der Waals surface area contributed by atoms with Gasteiger partial charge in [0.2, 0.25) is 11.9 Å². The number of nitrogens with zero attached hydrogens (tertiary/aromatic N) is 3. The third-order valence-electron chi connectivity index (χ3n) is 5.03. The Kier molecular flexibility index (Phi) is 5.51. The summed E-state index contributed by atoms with van der Waals surface area (Å²) in [6.45, 7) is 1.76. The van der Waals surface area contributed by atoms with Gasteiger partial charge in [0.15, 0.2) is 5.82 Å². The Labute approximate surface area is 188 Å². The van der Waals surface area contributed by atoms with Gasteiger partial charge in [0.05, 0.1) is 29.8 Å². The minimum Gasteiger partial charge on any atom is -0.497 e. The molecule has 1 amide bonds. The smallest absolute Gasteiger partial charge is 0.248 e. The molecule has 0 bridgehead atoms. The molecule has 0 spiro atoms. The highest BCUT2D eigenvalue weighted by atomic mass is 35.5. The molecule has 0 saturated carbocycles. The zero-order valence-electron chi connectivity index (χ0n) is 16.9. The van der Waals surface area contributed by atoms with Crippen molar-refractivity contribution in [1.82, 2.24) is 14.8 Å². The topological polar surface area (TPSA) is 104 Å². The number of fused-ring (bicyclic) bond motifs is 1. The fourth-order valence-electron chi connectivity index (χ4n) is 3.56. The molecule has 1 atom stereocenters. The van der Waals surface area contributed by atoms with Gasteiger partial charge in [-0.15, -0.1) is 5.10 Å². The summed E-state index contributed by atoms with van der Waals surface area (Å²) in [5, 5.41) is 8.58. The van der Waals surface area contributed by atoms with Gasteiger partial charge < -0.3 is 20.5 Å². The van der Waals surface area contributed by atoms with E-state index in [4.69, 9.17) is 38.4 Å². The maximum atomic E-state index is 12.4. The molecule has 0 aliphatic carbocycles. The minimum absolute atomic E-state index is 0.349. The van der Waals surface area contributed by atoms with E-state index in [-0.39, 0.29) is 0 Å². The van der Waals surface area contributed by atoms with E-state index >= 15 is 0 Å². The second kappa shape index (κ2) is 8.13. The lowest BCUT2D eigenvalue weighted by molar-refractivity contribution is -0.115. The second-order valence-electron chi connectivity index (χ2n) is 6.87. The first-order chi connectivity index (χ1) is 14.8. The molecule has 1 unspecified atom stereocenters. The summed E-state index contributed by atoms with van der Waals surface area (Å²) in [7, 11) is 3.11. The summed E-state index contributed by atoms with van der Waals surface area (Å²) < 4.78 is 12.5. The molecule has 1 aliphatic heterocycles. The molecule has 31 heavy (non-hydrogen) atoms. The molecule has 4 rings (SSSR count). The molecule has 0 saturated heterocycles. The third kappa shape index (κ3) is 3.68. The van der Waals surface area contributed by atoms with E-state index in [0.717, 1.165) is 0 Å². The number of amides is 1. The third-order valence-corrected chi connectivity index (χ3v) is 5.77. The van der Waals surface area contributed by atoms with Crippen LogP contribution in [0.15, 0.2) is 47.7 Å². The molecule has 8 nitrogen and oxygen atoms in total. The predicted molar refractivity (Wildman–Crippen MR) is 119 cm³/mol. The first-order valence-electron chi connectivity index (χ1n) is 9.25. The maximum Gasteiger partial charge on any atom is 0.248 e. The number of hydrogen-bond acceptors (Lipinski definition) is 6. The van der Waals surface area contributed by atoms with Crippen molar-refractivity contribution in [2.24, 2.45) is 5.73 Å². The summed E-state index contributed by atoms with van der Waals surface area (Å²) in [4.78, 5) is 17.0. The highest BCUT2D eigenvalue weighted by molar-refractivity contribution is 6.42. The average Bonchev–Trinajstić information content (AvgIpc) is 3.17. The zero-order chi connectivity index (χ0) is 22.3. The van der Waals surface area contributed by atoms with Crippen LogP contribution >= 0.6 is 23.2 Å². The summed E-state index contributed by atoms with van der Waals surface area (Å²) in [6.07, 6.45) is 0. The maximum absolute atomic E-state index is 12.4. The monoisotopic (exact) mass is 459 g/mol. The van der Waals surface area contributed by atoms with Crippen LogP contribution in [0.4, 0.5) is 5.95 Å². The van der Waals surface area contributed by atoms with E-state index in [1.165, 1.54) is 0 Å². The zero-order valence-corrected chi connectivity index (χ0v) is 18.5. The van der Waals surface area contributed by atoms with Crippen molar-refractivity contribution in [3.05, 3.63) is 63.3 Å². The van der Waals surface area contributed by atoms with Gasteiger partial charge in [0.25, 0.3) is 0 Å². The summed E-state index contributed by atoms with van der Waals surface area (Å²) in [6, 6.07) is 9.81. The van der Waals surface area contributed by atoms with Crippen molar-refractivity contribution in [2.75, 3.05) is 19.5 Å². The van der Waals surface area contributed by atoms with Crippen molar-refractivity contribution < 1.29 is 14.3 Å². The Bertz CT molecular complexity index is 1220. The molecule has 160 valence electrons. The van der Waals surface area contributed by atoms with Crippen molar-refractivity contribution in [3.8, 4) is 22.9 Å². The summed E-state index contributed by atoms with van der Waals surface area (Å²) in [5.74, 6) is 1.43. The standard InChI is InChI=1S/C21H19Cl2N5O3/c1-10-17(19(24)29)18(13-6-5-12(30-2)9-16(13)31-3)28-21(25-10)26-20(27-28)11-4-7-14(22)15(23)8-11/h4-9,18H,1-3H3,(H2,24,29)(H,25,26,27). The van der Waals surface area contributed by atoms with Gasteiger partial charge >= 0.3 is 0 Å². The van der Waals surface area contributed by atoms with Gasteiger partial charge in [0.1, 0.15) is 17.5 Å². The van der Waals surface area contributed by atoms with E-state index in [1.807, 2.05) is 6.07 Å². The Morgan fingerprint density at radius 2 is 1.90 bits per heavy atom. The molecule has 0 radical (unpaired) electrons. The number of carbonyl (C=O) groups is 1. The molecule has 3 N–H and O–H groups in total. The number of benzene rings is 2. The van der Waals surface area contributed by atoms with Crippen LogP contribution in [0.2, 0.25) is 10.0 Å². The highest BCUT2D eigenvalue weighted by Crippen LogP contribution is 2.41. The van der Waals surface area contributed by atoms with E-state index < -0.39 is 11.9 Å². The van der Waals surface area contributed by atoms with Crippen LogP contribution in [0.1, 0.15) is 18.5 Å². The fourth-order valence-corrected chi connectivity index (χ4v) is 3.86. The summed E-state index contributed by atoms with van der Waals surface area (Å²) in [5.41, 5.74) is 8.04. The first kappa shape index (κ1) is 21.0. The van der Waals surface area contributed by atoms with E-state index in [9.17, 15) is 4.79 Å². The van der Waals surface area contributed by atoms with Crippen molar-refractivity contribution in [2.45, 2.75) is 13.0 Å². The molecule has 10 heteroatoms. The largest absolute Gasteiger partial charge is 0.497 e. The fraction of sp³-hybridized carbons (Fsp3) is 0.190. The number of aromatic nitrogens is 3. The molecule has 2 heterocycles. The number of ether oxygens (including phenoxy) is 2. The van der Waals surface area contributed by atoms with Crippen molar-refractivity contribution in [3.63, 3.8) is 0 Å². The molecular formula is C21H19Cl2N5O3. The van der Waals surface area contributed by atoms with Crippen LogP contribution in [0, 0.1) is 0 Å². The van der Waals surface area contributed by atoms with Gasteiger partial charge in [-0.3, -0.25) is 4.79 Å². The highest BCUT2D eigenvalue weighted by Gasteiger charge is 2.35. The van der Waals surface area contributed by atoms with Crippen LogP contribution < -0.4 is 20.5 Å². The molecular weight excluding hydrogens is 441 g/mol. The van der Waals surface area contributed by atoms with Crippen LogP contribution in [0.5, 0.6) is 11.5 Å². The Hall–Kier alpha value is -3.23. The molecule has 0 fully saturated rings. The van der Waals surface area contributed by atoms with Crippen molar-refractivity contribution in [1.29, 1.82) is 0 Å². The van der Waals surface area contributed by atoms with Crippen LogP contribution in [-0.4, -0.2) is 34.9 Å². The number of carbonyl (C=O) groups excluding carboxylic acids is 1. The number of nitrogens with two attached hydrogens (primary N) is 1. The Morgan fingerprint density at radius 3 is 2.55 bits per heavy atom. The van der Waals surface area contributed by atoms with E-state index in [1.54, 1.807) is 56.2 Å². The lowest BCUT2D eigenvalue weighted by Crippen LogP contribution is -2.32. The number of primary amides is 1. The minimum atomic E-state index is -0.654. The lowest BCUT2D eigenvalue weighted by atomic mass is 9.94. The van der Waals surface area contributed by atoms with Crippen molar-refractivity contribution >= 4 is 35.1 Å². The Balaban J connectivity index is 1.91. The molecule has 3 aromatic rings. The first-order valence-corrected chi connectivity index (χ1v) is 10.0. The van der Waals surface area contributed by atoms with Crippen LogP contribution in [-0.2, 0) is 4.79 Å². The quantitative estimate of drug-likeness (QED) is 0.596. The van der Waals surface area contributed by atoms with Gasteiger partial charge in [-0.1, -0.05) is 23.2 Å². The molecule has 1 aromatic heterocycles. The number of nitrogens with one attached hydrogen (secondary N) is 1. The summed E-state index contributed by atoms with van der Waals surface area (Å²) >= 11 is 12.2. The molecule has 1 aliphatic rings. The van der Waals surface area contributed by atoms with Gasteiger partial charge in [-0.05, 0) is 37.3 Å². The number of methoxy groups -OCH3 is 2. The van der Waals surface area contributed by atoms with Gasteiger partial charge in [0, 0.05) is 22.9 Å². The number of rotatable bonds is 5. The normalized spacial score (nSPS) is 15.3. The Morgan fingerprint density at radius 1 is 1.13 bits per heavy atom. The lowest BCUT2D eigenvalue weighted by Gasteiger charge is -2.28. The van der Waals surface area contributed by atoms with Gasteiger partial charge in [-0.2, -0.15) is 4.98 Å². The van der Waals surface area contributed by atoms with E-state index in [0.29, 0.717) is 55.7 Å². The van der Waals surface area contributed by atoms with E-state index in [2.05, 4.69) is 15.4 Å². The van der Waals surface area contributed by atoms with Crippen LogP contribution in [0.3, 0.4) is 0 Å².